The standard InChI is InChI=1S/C13H14ClN3O2S/c14-11-3-1-10(2-4-11)13(7-17-9-15-8-16-17)18-5-12(6-20)19-13/h1-4,8-9,12,20H,5-7H2/t12-,13+/m0/s1. The fourth-order valence-electron chi connectivity index (χ4n) is 2.21. The van der Waals surface area contributed by atoms with E-state index in [1.807, 2.05) is 24.3 Å². The van der Waals surface area contributed by atoms with Gasteiger partial charge in [0.2, 0.25) is 5.79 Å². The van der Waals surface area contributed by atoms with Crippen LogP contribution in [0.3, 0.4) is 0 Å². The van der Waals surface area contributed by atoms with Crippen molar-refractivity contribution in [3.05, 3.63) is 47.5 Å². The van der Waals surface area contributed by atoms with Crippen molar-refractivity contribution in [3.63, 3.8) is 0 Å². The van der Waals surface area contributed by atoms with E-state index in [9.17, 15) is 0 Å². The Morgan fingerprint density at radius 3 is 2.80 bits per heavy atom. The Balaban J connectivity index is 1.93. The Bertz CT molecular complexity index is 564. The van der Waals surface area contributed by atoms with E-state index in [0.717, 1.165) is 5.56 Å². The van der Waals surface area contributed by atoms with Gasteiger partial charge in [-0.05, 0) is 12.1 Å². The highest BCUT2D eigenvalue weighted by molar-refractivity contribution is 7.80. The third kappa shape index (κ3) is 2.69. The van der Waals surface area contributed by atoms with Gasteiger partial charge in [0, 0.05) is 16.3 Å². The van der Waals surface area contributed by atoms with E-state index in [-0.39, 0.29) is 6.10 Å². The molecule has 20 heavy (non-hydrogen) atoms. The average Bonchev–Trinajstić information content (AvgIpc) is 3.10. The van der Waals surface area contributed by atoms with Gasteiger partial charge in [-0.15, -0.1) is 0 Å². The van der Waals surface area contributed by atoms with E-state index < -0.39 is 5.79 Å². The molecule has 0 aliphatic carbocycles. The highest BCUT2D eigenvalue weighted by atomic mass is 35.5. The van der Waals surface area contributed by atoms with Crippen LogP contribution in [0.5, 0.6) is 0 Å². The van der Waals surface area contributed by atoms with Crippen LogP contribution in [0, 0.1) is 0 Å². The molecule has 3 rings (SSSR count). The first-order chi connectivity index (χ1) is 9.72. The number of aromatic nitrogens is 3. The number of thiol groups is 1. The van der Waals surface area contributed by atoms with Gasteiger partial charge in [-0.1, -0.05) is 23.7 Å². The minimum absolute atomic E-state index is 0.0440. The SMILES string of the molecule is SC[C@@H]1CO[C@@](Cn2cncn2)(c2ccc(Cl)cc2)O1. The summed E-state index contributed by atoms with van der Waals surface area (Å²) in [4.78, 5) is 3.95. The quantitative estimate of drug-likeness (QED) is 0.879. The molecule has 5 nitrogen and oxygen atoms in total. The topological polar surface area (TPSA) is 49.2 Å². The maximum atomic E-state index is 6.07. The smallest absolute Gasteiger partial charge is 0.215 e. The first kappa shape index (κ1) is 13.9. The lowest BCUT2D eigenvalue weighted by atomic mass is 10.1. The van der Waals surface area contributed by atoms with Crippen molar-refractivity contribution < 1.29 is 9.47 Å². The molecule has 0 N–H and O–H groups in total. The monoisotopic (exact) mass is 311 g/mol. The number of halogens is 1. The van der Waals surface area contributed by atoms with E-state index in [4.69, 9.17) is 21.1 Å². The fraction of sp³-hybridized carbons (Fsp3) is 0.385. The highest BCUT2D eigenvalue weighted by Crippen LogP contribution is 2.36. The largest absolute Gasteiger partial charge is 0.342 e. The van der Waals surface area contributed by atoms with Gasteiger partial charge in [-0.2, -0.15) is 17.7 Å². The summed E-state index contributed by atoms with van der Waals surface area (Å²) in [7, 11) is 0. The van der Waals surface area contributed by atoms with Crippen LogP contribution in [0.1, 0.15) is 5.56 Å². The molecule has 0 saturated carbocycles. The van der Waals surface area contributed by atoms with Crippen molar-refractivity contribution in [2.45, 2.75) is 18.4 Å². The molecule has 106 valence electrons. The molecule has 1 aromatic carbocycles. The molecule has 0 unspecified atom stereocenters. The number of benzene rings is 1. The summed E-state index contributed by atoms with van der Waals surface area (Å²) in [6.45, 7) is 0.930. The maximum Gasteiger partial charge on any atom is 0.215 e. The molecule has 1 saturated heterocycles. The zero-order chi connectivity index (χ0) is 14.0. The van der Waals surface area contributed by atoms with Gasteiger partial charge in [-0.25, -0.2) is 9.67 Å². The van der Waals surface area contributed by atoms with Crippen LogP contribution in [0.4, 0.5) is 0 Å². The van der Waals surface area contributed by atoms with Crippen LogP contribution >= 0.6 is 24.2 Å². The third-order valence-corrected chi connectivity index (χ3v) is 3.84. The minimum Gasteiger partial charge on any atom is -0.342 e. The van der Waals surface area contributed by atoms with Crippen molar-refractivity contribution in [2.24, 2.45) is 0 Å². The molecule has 1 aromatic heterocycles. The molecular weight excluding hydrogens is 298 g/mol. The summed E-state index contributed by atoms with van der Waals surface area (Å²) < 4.78 is 13.7. The minimum atomic E-state index is -0.869. The highest BCUT2D eigenvalue weighted by Gasteiger charge is 2.43. The molecule has 2 aromatic rings. The molecule has 2 atom stereocenters. The van der Waals surface area contributed by atoms with Crippen LogP contribution in [-0.4, -0.2) is 33.2 Å². The van der Waals surface area contributed by atoms with E-state index in [1.54, 1.807) is 11.0 Å². The van der Waals surface area contributed by atoms with Gasteiger partial charge in [-0.3, -0.25) is 0 Å². The van der Waals surface area contributed by atoms with Crippen molar-refractivity contribution in [1.82, 2.24) is 14.8 Å². The zero-order valence-corrected chi connectivity index (χ0v) is 12.3. The number of hydrogen-bond donors (Lipinski definition) is 1. The summed E-state index contributed by atoms with van der Waals surface area (Å²) in [6, 6.07) is 7.45. The summed E-state index contributed by atoms with van der Waals surface area (Å²) in [5.74, 6) is -0.265. The lowest BCUT2D eigenvalue weighted by molar-refractivity contribution is -0.186. The van der Waals surface area contributed by atoms with Crippen molar-refractivity contribution >= 4 is 24.2 Å². The van der Waals surface area contributed by atoms with Gasteiger partial charge in [0.1, 0.15) is 19.2 Å². The Hall–Kier alpha value is -1.08. The van der Waals surface area contributed by atoms with E-state index >= 15 is 0 Å². The number of ether oxygens (including phenoxy) is 2. The molecule has 2 heterocycles. The van der Waals surface area contributed by atoms with Gasteiger partial charge < -0.3 is 9.47 Å². The molecule has 1 aliphatic heterocycles. The van der Waals surface area contributed by atoms with Crippen molar-refractivity contribution in [3.8, 4) is 0 Å². The van der Waals surface area contributed by atoms with E-state index in [0.29, 0.717) is 23.9 Å². The van der Waals surface area contributed by atoms with Gasteiger partial charge >= 0.3 is 0 Å². The van der Waals surface area contributed by atoms with Crippen LogP contribution < -0.4 is 0 Å². The Kier molecular flexibility index (Phi) is 3.98. The van der Waals surface area contributed by atoms with E-state index in [1.165, 1.54) is 6.33 Å². The Morgan fingerprint density at radius 1 is 1.40 bits per heavy atom. The summed E-state index contributed by atoms with van der Waals surface area (Å²) >= 11 is 10.2. The number of rotatable bonds is 4. The maximum absolute atomic E-state index is 6.07. The number of hydrogen-bond acceptors (Lipinski definition) is 5. The zero-order valence-electron chi connectivity index (χ0n) is 10.6. The number of nitrogens with zero attached hydrogens (tertiary/aromatic N) is 3. The summed E-state index contributed by atoms with van der Waals surface area (Å²) in [5, 5.41) is 4.79. The molecule has 7 heteroatoms. The van der Waals surface area contributed by atoms with Gasteiger partial charge in [0.05, 0.1) is 12.7 Å². The first-order valence-corrected chi connectivity index (χ1v) is 7.24. The molecular formula is C13H14ClN3O2S. The van der Waals surface area contributed by atoms with Crippen molar-refractivity contribution in [1.29, 1.82) is 0 Å². The van der Waals surface area contributed by atoms with Crippen molar-refractivity contribution in [2.75, 3.05) is 12.4 Å². The van der Waals surface area contributed by atoms with Crippen LogP contribution in [0.25, 0.3) is 0 Å². The molecule has 0 radical (unpaired) electrons. The molecule has 1 fully saturated rings. The molecule has 0 spiro atoms. The fourth-order valence-corrected chi connectivity index (χ4v) is 2.52. The normalized spacial score (nSPS) is 26.0. The third-order valence-electron chi connectivity index (χ3n) is 3.18. The second-order valence-corrected chi connectivity index (χ2v) is 5.39. The summed E-state index contributed by atoms with van der Waals surface area (Å²) in [6.07, 6.45) is 3.08. The van der Waals surface area contributed by atoms with Gasteiger partial charge in [0.25, 0.3) is 0 Å². The average molecular weight is 312 g/mol. The lowest BCUT2D eigenvalue weighted by Crippen LogP contribution is -2.34. The predicted octanol–water partition coefficient (Wildman–Crippen LogP) is 2.13. The summed E-state index contributed by atoms with van der Waals surface area (Å²) in [5.41, 5.74) is 0.904. The second-order valence-electron chi connectivity index (χ2n) is 4.59. The first-order valence-electron chi connectivity index (χ1n) is 6.23. The molecule has 0 bridgehead atoms. The van der Waals surface area contributed by atoms with Crippen LogP contribution in [-0.2, 0) is 21.8 Å². The van der Waals surface area contributed by atoms with Crippen LogP contribution in [0.15, 0.2) is 36.9 Å². The molecule has 1 aliphatic rings. The van der Waals surface area contributed by atoms with Crippen LogP contribution in [0.2, 0.25) is 5.02 Å². The second kappa shape index (κ2) is 5.73. The Labute approximate surface area is 127 Å². The van der Waals surface area contributed by atoms with E-state index in [2.05, 4.69) is 22.7 Å². The Morgan fingerprint density at radius 2 is 2.20 bits per heavy atom. The lowest BCUT2D eigenvalue weighted by Gasteiger charge is -2.28. The predicted molar refractivity (Wildman–Crippen MR) is 77.8 cm³/mol. The van der Waals surface area contributed by atoms with Gasteiger partial charge in [0.15, 0.2) is 0 Å². The molecule has 0 amide bonds.